The van der Waals surface area contributed by atoms with Crippen LogP contribution in [0.25, 0.3) is 0 Å². The molecule has 14 heavy (non-hydrogen) atoms. The van der Waals surface area contributed by atoms with Crippen LogP contribution in [0.5, 0.6) is 0 Å². The molecule has 0 spiro atoms. The molecule has 0 aromatic rings. The van der Waals surface area contributed by atoms with E-state index in [0.29, 0.717) is 12.1 Å². The fourth-order valence-electron chi connectivity index (χ4n) is 1.92. The molecule has 0 aliphatic heterocycles. The monoisotopic (exact) mass is 195 g/mol. The fraction of sp³-hybridized carbons (Fsp3) is 0.909. The van der Waals surface area contributed by atoms with Crippen LogP contribution in [0.1, 0.15) is 32.6 Å². The molecule has 0 heterocycles. The van der Waals surface area contributed by atoms with Crippen LogP contribution in [0.2, 0.25) is 0 Å². The van der Waals surface area contributed by atoms with Crippen LogP contribution in [0.3, 0.4) is 0 Å². The van der Waals surface area contributed by atoms with Gasteiger partial charge in [0, 0.05) is 12.6 Å². The molecule has 0 bridgehead atoms. The van der Waals surface area contributed by atoms with Crippen molar-refractivity contribution < 1.29 is 0 Å². The van der Waals surface area contributed by atoms with E-state index in [1.165, 1.54) is 25.7 Å². The minimum absolute atomic E-state index is 0.450. The smallest absolute Gasteiger partial charge is 0.0895 e. The molecule has 1 rings (SSSR count). The Morgan fingerprint density at radius 2 is 2.14 bits per heavy atom. The van der Waals surface area contributed by atoms with Gasteiger partial charge in [0.25, 0.3) is 0 Å². The van der Waals surface area contributed by atoms with E-state index in [9.17, 15) is 0 Å². The van der Waals surface area contributed by atoms with Gasteiger partial charge in [-0.05, 0) is 46.7 Å². The van der Waals surface area contributed by atoms with Crippen LogP contribution in [-0.2, 0) is 0 Å². The number of hydrogen-bond acceptors (Lipinski definition) is 3. The second kappa shape index (κ2) is 5.94. The Bertz CT molecular complexity index is 217. The lowest BCUT2D eigenvalue weighted by molar-refractivity contribution is 0.215. The summed E-state index contributed by atoms with van der Waals surface area (Å²) in [5.74, 6) is 0. The van der Waals surface area contributed by atoms with Gasteiger partial charge in [-0.2, -0.15) is 0 Å². The zero-order chi connectivity index (χ0) is 10.4. The molecule has 1 fully saturated rings. The van der Waals surface area contributed by atoms with Crippen molar-refractivity contribution in [3.63, 3.8) is 0 Å². The fourth-order valence-corrected chi connectivity index (χ4v) is 1.92. The minimum atomic E-state index is 0.450. The van der Waals surface area contributed by atoms with Gasteiger partial charge in [0.2, 0.25) is 0 Å². The SMILES string of the molecule is CCN=C=NC1CCCC(N(C)C)C1. The van der Waals surface area contributed by atoms with Crippen molar-refractivity contribution in [3.05, 3.63) is 0 Å². The molecule has 1 aliphatic rings. The maximum Gasteiger partial charge on any atom is 0.0895 e. The van der Waals surface area contributed by atoms with Gasteiger partial charge in [0.1, 0.15) is 0 Å². The van der Waals surface area contributed by atoms with E-state index in [2.05, 4.69) is 35.0 Å². The van der Waals surface area contributed by atoms with Gasteiger partial charge in [-0.1, -0.05) is 0 Å². The first kappa shape index (κ1) is 11.4. The third-order valence-corrected chi connectivity index (χ3v) is 2.82. The van der Waals surface area contributed by atoms with Crippen molar-refractivity contribution in [2.24, 2.45) is 9.98 Å². The zero-order valence-electron chi connectivity index (χ0n) is 9.53. The highest BCUT2D eigenvalue weighted by Crippen LogP contribution is 2.23. The summed E-state index contributed by atoms with van der Waals surface area (Å²) in [6.45, 7) is 2.79. The molecule has 3 nitrogen and oxygen atoms in total. The number of rotatable bonds is 3. The molecule has 0 N–H and O–H groups in total. The second-order valence-electron chi connectivity index (χ2n) is 4.14. The number of nitrogens with zero attached hydrogens (tertiary/aromatic N) is 3. The van der Waals surface area contributed by atoms with Crippen molar-refractivity contribution in [1.29, 1.82) is 0 Å². The molecule has 1 aliphatic carbocycles. The molecule has 2 unspecified atom stereocenters. The predicted octanol–water partition coefficient (Wildman–Crippen LogP) is 2.05. The highest BCUT2D eigenvalue weighted by Gasteiger charge is 2.22. The van der Waals surface area contributed by atoms with Crippen molar-refractivity contribution in [3.8, 4) is 0 Å². The summed E-state index contributed by atoms with van der Waals surface area (Å²) in [5, 5.41) is 0. The highest BCUT2D eigenvalue weighted by molar-refractivity contribution is 5.41. The Hall–Kier alpha value is -0.660. The Morgan fingerprint density at radius 1 is 1.36 bits per heavy atom. The lowest BCUT2D eigenvalue weighted by Gasteiger charge is -2.30. The second-order valence-corrected chi connectivity index (χ2v) is 4.14. The summed E-state index contributed by atoms with van der Waals surface area (Å²) in [6.07, 6.45) is 4.96. The molecule has 0 aromatic heterocycles. The summed E-state index contributed by atoms with van der Waals surface area (Å²) in [7, 11) is 4.30. The molecule has 3 heteroatoms. The molecular weight excluding hydrogens is 174 g/mol. The molecule has 0 aromatic carbocycles. The molecule has 1 saturated carbocycles. The first-order valence-electron chi connectivity index (χ1n) is 5.51. The van der Waals surface area contributed by atoms with Crippen LogP contribution in [0.4, 0.5) is 0 Å². The van der Waals surface area contributed by atoms with Crippen LogP contribution < -0.4 is 0 Å². The number of hydrogen-bond donors (Lipinski definition) is 0. The van der Waals surface area contributed by atoms with E-state index in [-0.39, 0.29) is 0 Å². The van der Waals surface area contributed by atoms with Crippen LogP contribution >= 0.6 is 0 Å². The molecule has 0 radical (unpaired) electrons. The summed E-state index contributed by atoms with van der Waals surface area (Å²) >= 11 is 0. The van der Waals surface area contributed by atoms with E-state index in [1.807, 2.05) is 6.92 Å². The first-order chi connectivity index (χ1) is 6.74. The zero-order valence-corrected chi connectivity index (χ0v) is 9.53. The summed E-state index contributed by atoms with van der Waals surface area (Å²) < 4.78 is 0. The first-order valence-corrected chi connectivity index (χ1v) is 5.51. The molecule has 80 valence electrons. The van der Waals surface area contributed by atoms with Crippen molar-refractivity contribution in [1.82, 2.24) is 4.90 Å². The van der Waals surface area contributed by atoms with Gasteiger partial charge < -0.3 is 4.90 Å². The van der Waals surface area contributed by atoms with Gasteiger partial charge in [-0.3, -0.25) is 0 Å². The van der Waals surface area contributed by atoms with Crippen LogP contribution in [0, 0.1) is 0 Å². The van der Waals surface area contributed by atoms with Gasteiger partial charge in [0.05, 0.1) is 12.1 Å². The molecule has 0 saturated heterocycles. The maximum absolute atomic E-state index is 4.36. The average Bonchev–Trinajstić information content (AvgIpc) is 2.19. The lowest BCUT2D eigenvalue weighted by Crippen LogP contribution is -2.34. The predicted molar refractivity (Wildman–Crippen MR) is 60.1 cm³/mol. The molecule has 2 atom stereocenters. The third kappa shape index (κ3) is 3.60. The maximum atomic E-state index is 4.36. The molecule has 0 amide bonds. The summed E-state index contributed by atoms with van der Waals surface area (Å²) in [5.41, 5.74) is 0. The van der Waals surface area contributed by atoms with Crippen LogP contribution in [0.15, 0.2) is 9.98 Å². The third-order valence-electron chi connectivity index (χ3n) is 2.82. The number of aliphatic imine (C=N–C) groups is 2. The minimum Gasteiger partial charge on any atom is -0.306 e. The Kier molecular flexibility index (Phi) is 4.85. The largest absolute Gasteiger partial charge is 0.306 e. The quantitative estimate of drug-likeness (QED) is 0.633. The Labute approximate surface area is 86.9 Å². The van der Waals surface area contributed by atoms with E-state index >= 15 is 0 Å². The Morgan fingerprint density at radius 3 is 2.79 bits per heavy atom. The Balaban J connectivity index is 2.44. The van der Waals surface area contributed by atoms with Gasteiger partial charge >= 0.3 is 0 Å². The van der Waals surface area contributed by atoms with Crippen molar-refractivity contribution in [2.45, 2.75) is 44.7 Å². The van der Waals surface area contributed by atoms with E-state index in [0.717, 1.165) is 6.54 Å². The van der Waals surface area contributed by atoms with Gasteiger partial charge in [-0.15, -0.1) is 0 Å². The molecular formula is C11H21N3. The topological polar surface area (TPSA) is 28.0 Å². The van der Waals surface area contributed by atoms with E-state index < -0.39 is 0 Å². The van der Waals surface area contributed by atoms with Crippen molar-refractivity contribution in [2.75, 3.05) is 20.6 Å². The van der Waals surface area contributed by atoms with Crippen LogP contribution in [-0.4, -0.2) is 43.6 Å². The lowest BCUT2D eigenvalue weighted by atomic mass is 9.91. The van der Waals surface area contributed by atoms with Gasteiger partial charge in [-0.25, -0.2) is 9.98 Å². The van der Waals surface area contributed by atoms with Crippen molar-refractivity contribution >= 4 is 6.01 Å². The summed E-state index contributed by atoms with van der Waals surface area (Å²) in [4.78, 5) is 10.7. The normalized spacial score (nSPS) is 27.1. The van der Waals surface area contributed by atoms with E-state index in [4.69, 9.17) is 0 Å². The standard InChI is InChI=1S/C11H21N3/c1-4-12-9-13-10-6-5-7-11(8-10)14(2)3/h10-11H,4-8H2,1-3H3. The highest BCUT2D eigenvalue weighted by atomic mass is 15.1. The van der Waals surface area contributed by atoms with Gasteiger partial charge in [0.15, 0.2) is 0 Å². The average molecular weight is 195 g/mol. The summed E-state index contributed by atoms with van der Waals surface area (Å²) in [6, 6.07) is 3.94. The van der Waals surface area contributed by atoms with E-state index in [1.54, 1.807) is 0 Å².